The largest absolute Gasteiger partial charge is 0.204 e. The van der Waals surface area contributed by atoms with Crippen LogP contribution in [0.2, 0.25) is 0 Å². The van der Waals surface area contributed by atoms with Gasteiger partial charge in [0.2, 0.25) is 5.82 Å². The van der Waals surface area contributed by atoms with Crippen LogP contribution in [0.3, 0.4) is 0 Å². The molecule has 94 valence electrons. The molecule has 3 rings (SSSR count). The summed E-state index contributed by atoms with van der Waals surface area (Å²) >= 11 is 0. The van der Waals surface area contributed by atoms with Gasteiger partial charge in [-0.15, -0.1) is 10.2 Å². The summed E-state index contributed by atoms with van der Waals surface area (Å²) < 4.78 is 0. The van der Waals surface area contributed by atoms with Gasteiger partial charge in [-0.2, -0.15) is 4.80 Å². The summed E-state index contributed by atoms with van der Waals surface area (Å²) in [6.07, 6.45) is 0. The molecule has 0 fully saturated rings. The maximum absolute atomic E-state index is 4.45. The van der Waals surface area contributed by atoms with Crippen LogP contribution < -0.4 is 0 Å². The van der Waals surface area contributed by atoms with Crippen molar-refractivity contribution in [2.75, 3.05) is 0 Å². The molecular weight excluding hydrogens is 236 g/mol. The number of hydrogen-bond acceptors (Lipinski definition) is 3. The maximum Gasteiger partial charge on any atom is 0.204 e. The van der Waals surface area contributed by atoms with Crippen molar-refractivity contribution in [3.63, 3.8) is 0 Å². The van der Waals surface area contributed by atoms with Gasteiger partial charge in [0.25, 0.3) is 0 Å². The molecule has 0 spiro atoms. The monoisotopic (exact) mass is 250 g/mol. The molecule has 3 aromatic rings. The smallest absolute Gasteiger partial charge is 0.156 e. The Balaban J connectivity index is 1.90. The molecule has 0 saturated heterocycles. The van der Waals surface area contributed by atoms with E-state index in [9.17, 15) is 0 Å². The standard InChI is InChI=1S/C15H14N4/c1-12(13-8-4-2-5-9-13)19-17-15(16-18-19)14-10-6-3-7-11-14/h2-12H,1H3. The maximum atomic E-state index is 4.45. The average Bonchev–Trinajstić information content (AvgIpc) is 2.98. The van der Waals surface area contributed by atoms with Crippen molar-refractivity contribution >= 4 is 0 Å². The highest BCUT2D eigenvalue weighted by Gasteiger charge is 2.12. The van der Waals surface area contributed by atoms with Gasteiger partial charge < -0.3 is 0 Å². The van der Waals surface area contributed by atoms with E-state index in [1.807, 2.05) is 48.5 Å². The molecule has 1 heterocycles. The highest BCUT2D eigenvalue weighted by atomic mass is 15.6. The van der Waals surface area contributed by atoms with E-state index in [0.717, 1.165) is 5.56 Å². The third-order valence-electron chi connectivity index (χ3n) is 3.09. The molecule has 0 radical (unpaired) electrons. The number of rotatable bonds is 3. The zero-order chi connectivity index (χ0) is 13.1. The van der Waals surface area contributed by atoms with Crippen molar-refractivity contribution in [1.82, 2.24) is 20.2 Å². The molecule has 0 aliphatic heterocycles. The van der Waals surface area contributed by atoms with Crippen LogP contribution in [0.25, 0.3) is 11.4 Å². The predicted octanol–water partition coefficient (Wildman–Crippen LogP) is 2.95. The van der Waals surface area contributed by atoms with Crippen LogP contribution in [0.15, 0.2) is 60.7 Å². The van der Waals surface area contributed by atoms with Crippen molar-refractivity contribution in [1.29, 1.82) is 0 Å². The van der Waals surface area contributed by atoms with E-state index < -0.39 is 0 Å². The fourth-order valence-electron chi connectivity index (χ4n) is 1.96. The number of aromatic nitrogens is 4. The first-order chi connectivity index (χ1) is 9.34. The zero-order valence-electron chi connectivity index (χ0n) is 10.6. The SMILES string of the molecule is CC(c1ccccc1)n1nnc(-c2ccccc2)n1. The van der Waals surface area contributed by atoms with Gasteiger partial charge in [0.05, 0.1) is 6.04 Å². The van der Waals surface area contributed by atoms with E-state index in [4.69, 9.17) is 0 Å². The first-order valence-electron chi connectivity index (χ1n) is 6.24. The number of tetrazole rings is 1. The highest BCUT2D eigenvalue weighted by molar-refractivity contribution is 5.53. The molecule has 0 saturated carbocycles. The van der Waals surface area contributed by atoms with Crippen molar-refractivity contribution < 1.29 is 0 Å². The van der Waals surface area contributed by atoms with E-state index in [0.29, 0.717) is 5.82 Å². The molecular formula is C15H14N4. The summed E-state index contributed by atoms with van der Waals surface area (Å²) in [4.78, 5) is 1.65. The van der Waals surface area contributed by atoms with Crippen LogP contribution in [0.4, 0.5) is 0 Å². The van der Waals surface area contributed by atoms with Gasteiger partial charge in [-0.3, -0.25) is 0 Å². The number of benzene rings is 2. The number of hydrogen-bond donors (Lipinski definition) is 0. The third-order valence-corrected chi connectivity index (χ3v) is 3.09. The zero-order valence-corrected chi connectivity index (χ0v) is 10.6. The van der Waals surface area contributed by atoms with Crippen LogP contribution >= 0.6 is 0 Å². The van der Waals surface area contributed by atoms with Gasteiger partial charge >= 0.3 is 0 Å². The molecule has 19 heavy (non-hydrogen) atoms. The van der Waals surface area contributed by atoms with E-state index >= 15 is 0 Å². The quantitative estimate of drug-likeness (QED) is 0.717. The molecule has 4 heteroatoms. The van der Waals surface area contributed by atoms with Crippen LogP contribution in [0.5, 0.6) is 0 Å². The minimum atomic E-state index is 0.0752. The molecule has 1 aromatic heterocycles. The van der Waals surface area contributed by atoms with Gasteiger partial charge in [0, 0.05) is 5.56 Å². The second kappa shape index (κ2) is 5.02. The first kappa shape index (κ1) is 11.6. The summed E-state index contributed by atoms with van der Waals surface area (Å²) in [5.41, 5.74) is 2.15. The van der Waals surface area contributed by atoms with Crippen LogP contribution in [0.1, 0.15) is 18.5 Å². The topological polar surface area (TPSA) is 43.6 Å². The van der Waals surface area contributed by atoms with Crippen LogP contribution in [0, 0.1) is 0 Å². The minimum absolute atomic E-state index is 0.0752. The van der Waals surface area contributed by atoms with Gasteiger partial charge in [0.15, 0.2) is 0 Å². The summed E-state index contributed by atoms with van der Waals surface area (Å²) in [5, 5.41) is 12.7. The average molecular weight is 250 g/mol. The molecule has 0 N–H and O–H groups in total. The van der Waals surface area contributed by atoms with Crippen LogP contribution in [-0.2, 0) is 0 Å². The fourth-order valence-corrected chi connectivity index (χ4v) is 1.96. The Bertz CT molecular complexity index is 646. The summed E-state index contributed by atoms with van der Waals surface area (Å²) in [6.45, 7) is 2.06. The molecule has 0 bridgehead atoms. The second-order valence-corrected chi connectivity index (χ2v) is 4.39. The molecule has 0 aliphatic carbocycles. The first-order valence-corrected chi connectivity index (χ1v) is 6.24. The Morgan fingerprint density at radius 1 is 0.895 bits per heavy atom. The van der Waals surface area contributed by atoms with Gasteiger partial charge in [-0.25, -0.2) is 0 Å². The van der Waals surface area contributed by atoms with Gasteiger partial charge in [-0.1, -0.05) is 60.7 Å². The predicted molar refractivity (Wildman–Crippen MR) is 73.5 cm³/mol. The minimum Gasteiger partial charge on any atom is -0.156 e. The summed E-state index contributed by atoms with van der Waals surface area (Å²) in [6, 6.07) is 20.1. The highest BCUT2D eigenvalue weighted by Crippen LogP contribution is 2.17. The Kier molecular flexibility index (Phi) is 3.06. The van der Waals surface area contributed by atoms with E-state index in [1.54, 1.807) is 4.80 Å². The number of nitrogens with zero attached hydrogens (tertiary/aromatic N) is 4. The lowest BCUT2D eigenvalue weighted by Gasteiger charge is -2.09. The molecule has 2 aromatic carbocycles. The molecule has 1 atom stereocenters. The van der Waals surface area contributed by atoms with Gasteiger partial charge in [0.1, 0.15) is 0 Å². The van der Waals surface area contributed by atoms with Crippen LogP contribution in [-0.4, -0.2) is 20.2 Å². The molecule has 1 unspecified atom stereocenters. The fraction of sp³-hybridized carbons (Fsp3) is 0.133. The molecule has 0 aliphatic rings. The van der Waals surface area contributed by atoms with Crippen molar-refractivity contribution in [2.45, 2.75) is 13.0 Å². The second-order valence-electron chi connectivity index (χ2n) is 4.39. The van der Waals surface area contributed by atoms with E-state index in [2.05, 4.69) is 34.5 Å². The lowest BCUT2D eigenvalue weighted by Crippen LogP contribution is -2.10. The van der Waals surface area contributed by atoms with Crippen molar-refractivity contribution in [3.05, 3.63) is 66.2 Å². The Hall–Kier alpha value is -2.49. The Morgan fingerprint density at radius 2 is 1.53 bits per heavy atom. The van der Waals surface area contributed by atoms with E-state index in [-0.39, 0.29) is 6.04 Å². The Labute approximate surface area is 111 Å². The Morgan fingerprint density at radius 3 is 2.21 bits per heavy atom. The lowest BCUT2D eigenvalue weighted by molar-refractivity contribution is 0.481. The third kappa shape index (κ3) is 2.38. The van der Waals surface area contributed by atoms with Gasteiger partial charge in [-0.05, 0) is 17.7 Å². The van der Waals surface area contributed by atoms with Crippen molar-refractivity contribution in [3.8, 4) is 11.4 Å². The summed E-state index contributed by atoms with van der Waals surface area (Å²) in [5.74, 6) is 0.656. The normalized spacial score (nSPS) is 12.3. The molecule has 0 amide bonds. The van der Waals surface area contributed by atoms with E-state index in [1.165, 1.54) is 5.56 Å². The van der Waals surface area contributed by atoms with Crippen molar-refractivity contribution in [2.24, 2.45) is 0 Å². The summed E-state index contributed by atoms with van der Waals surface area (Å²) in [7, 11) is 0. The molecule has 4 nitrogen and oxygen atoms in total. The lowest BCUT2D eigenvalue weighted by atomic mass is 10.1.